The van der Waals surface area contributed by atoms with Crippen molar-refractivity contribution < 1.29 is 0 Å². The van der Waals surface area contributed by atoms with E-state index in [1.165, 1.54) is 16.7 Å². The molecule has 17 heavy (non-hydrogen) atoms. The molecule has 0 spiro atoms. The van der Waals surface area contributed by atoms with Gasteiger partial charge in [0.1, 0.15) is 0 Å². The van der Waals surface area contributed by atoms with Crippen molar-refractivity contribution in [1.29, 1.82) is 5.26 Å². The van der Waals surface area contributed by atoms with Gasteiger partial charge < -0.3 is 0 Å². The first-order valence-corrected chi connectivity index (χ1v) is 6.17. The molecule has 0 radical (unpaired) electrons. The van der Waals surface area contributed by atoms with E-state index in [0.717, 1.165) is 6.42 Å². The van der Waals surface area contributed by atoms with Crippen molar-refractivity contribution in [2.24, 2.45) is 5.41 Å². The normalized spacial score (nSPS) is 12.3. The summed E-state index contributed by atoms with van der Waals surface area (Å²) in [6, 6.07) is 8.98. The molecule has 1 nitrogen and oxygen atoms in total. The van der Waals surface area contributed by atoms with Crippen LogP contribution in [0.4, 0.5) is 0 Å². The standard InChI is InChI=1S/C16H23N/c1-12-9-14(15(2,3)4)8-7-13(12)10-16(5,6)11-17/h7-9H,10H2,1-6H3. The summed E-state index contributed by atoms with van der Waals surface area (Å²) < 4.78 is 0. The lowest BCUT2D eigenvalue weighted by atomic mass is 9.82. The summed E-state index contributed by atoms with van der Waals surface area (Å²) in [7, 11) is 0. The molecule has 0 aliphatic rings. The minimum atomic E-state index is -0.284. The fourth-order valence-electron chi connectivity index (χ4n) is 1.88. The van der Waals surface area contributed by atoms with Gasteiger partial charge in [0.15, 0.2) is 0 Å². The summed E-state index contributed by atoms with van der Waals surface area (Å²) in [6.45, 7) is 12.8. The van der Waals surface area contributed by atoms with Crippen molar-refractivity contribution in [3.05, 3.63) is 34.9 Å². The minimum Gasteiger partial charge on any atom is -0.198 e. The molecule has 0 saturated heterocycles. The maximum absolute atomic E-state index is 9.08. The Labute approximate surface area is 105 Å². The van der Waals surface area contributed by atoms with Gasteiger partial charge in [0.25, 0.3) is 0 Å². The van der Waals surface area contributed by atoms with Crippen LogP contribution in [0, 0.1) is 23.7 Å². The summed E-state index contributed by atoms with van der Waals surface area (Å²) in [4.78, 5) is 0. The highest BCUT2D eigenvalue weighted by atomic mass is 14.3. The molecular weight excluding hydrogens is 206 g/mol. The number of rotatable bonds is 2. The lowest BCUT2D eigenvalue weighted by molar-refractivity contribution is 0.491. The lowest BCUT2D eigenvalue weighted by Gasteiger charge is -2.22. The van der Waals surface area contributed by atoms with Gasteiger partial charge in [-0.2, -0.15) is 5.26 Å². The van der Waals surface area contributed by atoms with E-state index in [-0.39, 0.29) is 10.8 Å². The van der Waals surface area contributed by atoms with Crippen molar-refractivity contribution in [3.63, 3.8) is 0 Å². The highest BCUT2D eigenvalue weighted by molar-refractivity contribution is 5.35. The van der Waals surface area contributed by atoms with Gasteiger partial charge in [-0.25, -0.2) is 0 Å². The van der Waals surface area contributed by atoms with Crippen LogP contribution in [0.3, 0.4) is 0 Å². The van der Waals surface area contributed by atoms with Gasteiger partial charge in [-0.05, 0) is 49.3 Å². The lowest BCUT2D eigenvalue weighted by Crippen LogP contribution is -2.15. The van der Waals surface area contributed by atoms with Crippen molar-refractivity contribution in [2.75, 3.05) is 0 Å². The number of benzene rings is 1. The summed E-state index contributed by atoms with van der Waals surface area (Å²) >= 11 is 0. The molecule has 1 rings (SSSR count). The monoisotopic (exact) mass is 229 g/mol. The first-order chi connectivity index (χ1) is 7.65. The van der Waals surface area contributed by atoms with Crippen molar-refractivity contribution in [1.82, 2.24) is 0 Å². The Kier molecular flexibility index (Phi) is 3.67. The molecular formula is C16H23N. The molecule has 1 aromatic carbocycles. The Morgan fingerprint density at radius 1 is 1.12 bits per heavy atom. The van der Waals surface area contributed by atoms with Gasteiger partial charge in [0.05, 0.1) is 11.5 Å². The number of nitrogens with zero attached hydrogens (tertiary/aromatic N) is 1. The Bertz CT molecular complexity index is 442. The highest BCUT2D eigenvalue weighted by Gasteiger charge is 2.20. The Hall–Kier alpha value is -1.29. The molecule has 0 saturated carbocycles. The molecule has 0 N–H and O–H groups in total. The summed E-state index contributed by atoms with van der Waals surface area (Å²) in [6.07, 6.45) is 0.819. The van der Waals surface area contributed by atoms with Crippen LogP contribution in [-0.4, -0.2) is 0 Å². The van der Waals surface area contributed by atoms with Crippen LogP contribution in [0.1, 0.15) is 51.3 Å². The number of hydrogen-bond donors (Lipinski definition) is 0. The van der Waals surface area contributed by atoms with Crippen molar-refractivity contribution in [3.8, 4) is 6.07 Å². The maximum Gasteiger partial charge on any atom is 0.0687 e. The SMILES string of the molecule is Cc1cc(C(C)(C)C)ccc1CC(C)(C)C#N. The average molecular weight is 229 g/mol. The summed E-state index contributed by atoms with van der Waals surface area (Å²) in [5.74, 6) is 0. The number of hydrogen-bond acceptors (Lipinski definition) is 1. The van der Waals surface area contributed by atoms with Gasteiger partial charge in [0.2, 0.25) is 0 Å². The average Bonchev–Trinajstić information content (AvgIpc) is 2.19. The molecule has 0 amide bonds. The fraction of sp³-hybridized carbons (Fsp3) is 0.562. The fourth-order valence-corrected chi connectivity index (χ4v) is 1.88. The van der Waals surface area contributed by atoms with Gasteiger partial charge in [-0.15, -0.1) is 0 Å². The van der Waals surface area contributed by atoms with Crippen LogP contribution in [-0.2, 0) is 11.8 Å². The second-order valence-corrected chi connectivity index (χ2v) is 6.56. The first-order valence-electron chi connectivity index (χ1n) is 6.17. The molecule has 1 aromatic rings. The Morgan fingerprint density at radius 3 is 2.12 bits per heavy atom. The molecule has 0 aliphatic heterocycles. The van der Waals surface area contributed by atoms with E-state index >= 15 is 0 Å². The second kappa shape index (κ2) is 4.53. The molecule has 0 aromatic heterocycles. The zero-order chi connectivity index (χ0) is 13.3. The van der Waals surface area contributed by atoms with E-state index in [4.69, 9.17) is 5.26 Å². The predicted octanol–water partition coefficient (Wildman–Crippen LogP) is 4.38. The van der Waals surface area contributed by atoms with Crippen molar-refractivity contribution >= 4 is 0 Å². The van der Waals surface area contributed by atoms with Gasteiger partial charge >= 0.3 is 0 Å². The molecule has 1 heteroatoms. The largest absolute Gasteiger partial charge is 0.198 e. The predicted molar refractivity (Wildman–Crippen MR) is 73.0 cm³/mol. The van der Waals surface area contributed by atoms with Crippen LogP contribution >= 0.6 is 0 Å². The smallest absolute Gasteiger partial charge is 0.0687 e. The molecule has 0 fully saturated rings. The third-order valence-corrected chi connectivity index (χ3v) is 3.14. The van der Waals surface area contributed by atoms with E-state index < -0.39 is 0 Å². The van der Waals surface area contributed by atoms with Crippen LogP contribution in [0.15, 0.2) is 18.2 Å². The van der Waals surface area contributed by atoms with Crippen LogP contribution in [0.25, 0.3) is 0 Å². The molecule has 92 valence electrons. The van der Waals surface area contributed by atoms with E-state index in [9.17, 15) is 0 Å². The highest BCUT2D eigenvalue weighted by Crippen LogP contribution is 2.27. The molecule has 0 bridgehead atoms. The third-order valence-electron chi connectivity index (χ3n) is 3.14. The van der Waals surface area contributed by atoms with Gasteiger partial charge in [-0.3, -0.25) is 0 Å². The summed E-state index contributed by atoms with van der Waals surface area (Å²) in [5, 5.41) is 9.08. The van der Waals surface area contributed by atoms with E-state index in [2.05, 4.69) is 52.0 Å². The molecule has 0 aliphatic carbocycles. The van der Waals surface area contributed by atoms with Crippen LogP contribution in [0.5, 0.6) is 0 Å². The van der Waals surface area contributed by atoms with Crippen molar-refractivity contribution in [2.45, 2.75) is 53.4 Å². The topological polar surface area (TPSA) is 23.8 Å². The van der Waals surface area contributed by atoms with E-state index in [0.29, 0.717) is 0 Å². The number of aryl methyl sites for hydroxylation is 1. The van der Waals surface area contributed by atoms with Gasteiger partial charge in [0, 0.05) is 0 Å². The van der Waals surface area contributed by atoms with Crippen LogP contribution < -0.4 is 0 Å². The second-order valence-electron chi connectivity index (χ2n) is 6.56. The maximum atomic E-state index is 9.08. The quantitative estimate of drug-likeness (QED) is 0.738. The molecule has 0 heterocycles. The first kappa shape index (κ1) is 13.8. The Balaban J connectivity index is 3.04. The van der Waals surface area contributed by atoms with Crippen LogP contribution in [0.2, 0.25) is 0 Å². The number of nitriles is 1. The van der Waals surface area contributed by atoms with E-state index in [1.54, 1.807) is 0 Å². The molecule has 0 unspecified atom stereocenters. The van der Waals surface area contributed by atoms with E-state index in [1.807, 2.05) is 13.8 Å². The third kappa shape index (κ3) is 3.60. The Morgan fingerprint density at radius 2 is 1.71 bits per heavy atom. The summed E-state index contributed by atoms with van der Waals surface area (Å²) in [5.41, 5.74) is 3.83. The zero-order valence-electron chi connectivity index (χ0n) is 11.9. The zero-order valence-corrected chi connectivity index (χ0v) is 11.9. The van der Waals surface area contributed by atoms with Gasteiger partial charge in [-0.1, -0.05) is 39.0 Å². The molecule has 0 atom stereocenters. The minimum absolute atomic E-state index is 0.189.